The van der Waals surface area contributed by atoms with Crippen molar-refractivity contribution in [3.8, 4) is 0 Å². The maximum atomic E-state index is 11.9. The van der Waals surface area contributed by atoms with Crippen LogP contribution in [0, 0.1) is 5.92 Å². The van der Waals surface area contributed by atoms with Crippen LogP contribution in [0.4, 0.5) is 0 Å². The molecule has 108 valence electrons. The van der Waals surface area contributed by atoms with Crippen LogP contribution in [0.5, 0.6) is 0 Å². The van der Waals surface area contributed by atoms with E-state index < -0.39 is 0 Å². The number of carbonyl (C=O) groups is 1. The lowest BCUT2D eigenvalue weighted by molar-refractivity contribution is -0.110. The van der Waals surface area contributed by atoms with E-state index in [0.717, 1.165) is 12.0 Å². The minimum atomic E-state index is 0.0242. The molecule has 1 aliphatic carbocycles. The standard InChI is InChI=1S/C21H18O/c22-21(14-11-17-6-2-1-3-7-17)15-12-18-10-13-19-8-4-5-9-20(19)16-18/h1-9,11-16,18H,10H2/b14-11+,15-12+. The van der Waals surface area contributed by atoms with Gasteiger partial charge < -0.3 is 0 Å². The zero-order valence-electron chi connectivity index (χ0n) is 12.4. The molecule has 0 aromatic heterocycles. The predicted molar refractivity (Wildman–Crippen MR) is 92.4 cm³/mol. The van der Waals surface area contributed by atoms with E-state index >= 15 is 0 Å². The van der Waals surface area contributed by atoms with Gasteiger partial charge in [-0.05, 0) is 40.5 Å². The Morgan fingerprint density at radius 3 is 2.45 bits per heavy atom. The molecule has 0 heterocycles. The molecule has 2 aromatic rings. The van der Waals surface area contributed by atoms with Crippen LogP contribution >= 0.6 is 0 Å². The summed E-state index contributed by atoms with van der Waals surface area (Å²) in [6, 6.07) is 18.2. The van der Waals surface area contributed by atoms with Crippen molar-refractivity contribution < 1.29 is 4.79 Å². The van der Waals surface area contributed by atoms with Crippen molar-refractivity contribution in [2.45, 2.75) is 6.42 Å². The molecule has 3 rings (SSSR count). The SMILES string of the molecule is O=C(/C=C/c1ccccc1)/C=C/C1C=c2ccccc2=CC1. The summed E-state index contributed by atoms with van der Waals surface area (Å²) in [6.45, 7) is 0. The van der Waals surface area contributed by atoms with Gasteiger partial charge in [0.15, 0.2) is 5.78 Å². The highest BCUT2D eigenvalue weighted by atomic mass is 16.1. The average Bonchev–Trinajstić information content (AvgIpc) is 2.59. The summed E-state index contributed by atoms with van der Waals surface area (Å²) >= 11 is 0. The monoisotopic (exact) mass is 286 g/mol. The maximum absolute atomic E-state index is 11.9. The second-order valence-electron chi connectivity index (χ2n) is 5.40. The molecule has 0 saturated heterocycles. The van der Waals surface area contributed by atoms with Crippen molar-refractivity contribution in [2.75, 3.05) is 0 Å². The molecule has 0 spiro atoms. The number of benzene rings is 2. The van der Waals surface area contributed by atoms with Crippen LogP contribution in [0.15, 0.2) is 72.8 Å². The minimum Gasteiger partial charge on any atom is -0.290 e. The Morgan fingerprint density at radius 1 is 0.909 bits per heavy atom. The van der Waals surface area contributed by atoms with Gasteiger partial charge in [-0.25, -0.2) is 0 Å². The largest absolute Gasteiger partial charge is 0.290 e. The number of hydrogen-bond acceptors (Lipinski definition) is 1. The number of carbonyl (C=O) groups excluding carboxylic acids is 1. The van der Waals surface area contributed by atoms with Gasteiger partial charge in [0.2, 0.25) is 0 Å². The fourth-order valence-corrected chi connectivity index (χ4v) is 2.56. The molecule has 0 bridgehead atoms. The Kier molecular flexibility index (Phi) is 4.45. The van der Waals surface area contributed by atoms with E-state index in [1.807, 2.05) is 48.6 Å². The van der Waals surface area contributed by atoms with Gasteiger partial charge in [-0.1, -0.05) is 78.9 Å². The Balaban J connectivity index is 1.66. The van der Waals surface area contributed by atoms with Crippen molar-refractivity contribution in [1.29, 1.82) is 0 Å². The highest BCUT2D eigenvalue weighted by Gasteiger charge is 2.03. The summed E-state index contributed by atoms with van der Waals surface area (Å²) in [6.07, 6.45) is 12.5. The molecule has 0 fully saturated rings. The lowest BCUT2D eigenvalue weighted by atomic mass is 9.96. The van der Waals surface area contributed by atoms with Gasteiger partial charge >= 0.3 is 0 Å². The molecular weight excluding hydrogens is 268 g/mol. The Morgan fingerprint density at radius 2 is 1.64 bits per heavy atom. The Labute approximate surface area is 130 Å². The summed E-state index contributed by atoms with van der Waals surface area (Å²) < 4.78 is 0. The van der Waals surface area contributed by atoms with Gasteiger partial charge in [0.1, 0.15) is 0 Å². The van der Waals surface area contributed by atoms with Crippen LogP contribution in [-0.2, 0) is 4.79 Å². The van der Waals surface area contributed by atoms with Crippen LogP contribution < -0.4 is 10.4 Å². The quantitative estimate of drug-likeness (QED) is 0.789. The van der Waals surface area contributed by atoms with Crippen molar-refractivity contribution in [3.05, 3.63) is 88.8 Å². The lowest BCUT2D eigenvalue weighted by Gasteiger charge is -2.08. The topological polar surface area (TPSA) is 17.1 Å². The first kappa shape index (κ1) is 14.3. The van der Waals surface area contributed by atoms with Crippen molar-refractivity contribution >= 4 is 24.0 Å². The van der Waals surface area contributed by atoms with E-state index in [-0.39, 0.29) is 5.78 Å². The van der Waals surface area contributed by atoms with Crippen LogP contribution in [-0.4, -0.2) is 5.78 Å². The van der Waals surface area contributed by atoms with Gasteiger partial charge in [0.25, 0.3) is 0 Å². The molecule has 1 atom stereocenters. The molecule has 1 nitrogen and oxygen atoms in total. The van der Waals surface area contributed by atoms with Crippen LogP contribution in [0.1, 0.15) is 12.0 Å². The minimum absolute atomic E-state index is 0.0242. The van der Waals surface area contributed by atoms with E-state index in [0.29, 0.717) is 5.92 Å². The molecule has 2 aromatic carbocycles. The highest BCUT2D eigenvalue weighted by Crippen LogP contribution is 2.10. The summed E-state index contributed by atoms with van der Waals surface area (Å²) in [4.78, 5) is 11.9. The first-order valence-corrected chi connectivity index (χ1v) is 7.54. The first-order valence-electron chi connectivity index (χ1n) is 7.54. The molecule has 0 N–H and O–H groups in total. The molecule has 22 heavy (non-hydrogen) atoms. The highest BCUT2D eigenvalue weighted by molar-refractivity contribution is 6.02. The summed E-state index contributed by atoms with van der Waals surface area (Å²) in [5, 5.41) is 2.53. The number of hydrogen-bond donors (Lipinski definition) is 0. The van der Waals surface area contributed by atoms with Gasteiger partial charge in [0.05, 0.1) is 0 Å². The van der Waals surface area contributed by atoms with Gasteiger partial charge in [-0.2, -0.15) is 0 Å². The fourth-order valence-electron chi connectivity index (χ4n) is 2.56. The normalized spacial score (nSPS) is 17.0. The molecular formula is C21H18O. The second kappa shape index (κ2) is 6.86. The van der Waals surface area contributed by atoms with Crippen LogP contribution in [0.25, 0.3) is 18.2 Å². The maximum Gasteiger partial charge on any atom is 0.178 e. The third-order valence-electron chi connectivity index (χ3n) is 3.75. The molecule has 0 radical (unpaired) electrons. The predicted octanol–water partition coefficient (Wildman–Crippen LogP) is 3.11. The average molecular weight is 286 g/mol. The van der Waals surface area contributed by atoms with E-state index in [1.54, 1.807) is 12.2 Å². The summed E-state index contributed by atoms with van der Waals surface area (Å²) in [7, 11) is 0. The van der Waals surface area contributed by atoms with E-state index in [1.165, 1.54) is 10.4 Å². The van der Waals surface area contributed by atoms with Crippen LogP contribution in [0.3, 0.4) is 0 Å². The number of fused-ring (bicyclic) bond motifs is 1. The van der Waals surface area contributed by atoms with Gasteiger partial charge in [-0.3, -0.25) is 4.79 Å². The molecule has 1 unspecified atom stereocenters. The molecule has 0 amide bonds. The number of rotatable bonds is 4. The van der Waals surface area contributed by atoms with E-state index in [2.05, 4.69) is 30.4 Å². The van der Waals surface area contributed by atoms with Crippen molar-refractivity contribution in [1.82, 2.24) is 0 Å². The first-order chi connectivity index (χ1) is 10.8. The lowest BCUT2D eigenvalue weighted by Crippen LogP contribution is -2.27. The smallest absolute Gasteiger partial charge is 0.178 e. The molecule has 0 aliphatic heterocycles. The third-order valence-corrected chi connectivity index (χ3v) is 3.75. The Hall–Kier alpha value is -2.67. The van der Waals surface area contributed by atoms with Gasteiger partial charge in [0, 0.05) is 0 Å². The Bertz CT molecular complexity index is 826. The fraction of sp³-hybridized carbons (Fsp3) is 0.0952. The zero-order chi connectivity index (χ0) is 15.2. The van der Waals surface area contributed by atoms with Crippen molar-refractivity contribution in [3.63, 3.8) is 0 Å². The summed E-state index contributed by atoms with van der Waals surface area (Å²) in [5.41, 5.74) is 1.04. The zero-order valence-corrected chi connectivity index (χ0v) is 12.4. The molecule has 1 heteroatoms. The third kappa shape index (κ3) is 3.70. The number of ketones is 1. The van der Waals surface area contributed by atoms with Crippen LogP contribution in [0.2, 0.25) is 0 Å². The second-order valence-corrected chi connectivity index (χ2v) is 5.40. The van der Waals surface area contributed by atoms with Crippen molar-refractivity contribution in [2.24, 2.45) is 5.92 Å². The number of allylic oxidation sites excluding steroid dienone is 3. The van der Waals surface area contributed by atoms with Gasteiger partial charge in [-0.15, -0.1) is 0 Å². The van der Waals surface area contributed by atoms with E-state index in [4.69, 9.17) is 0 Å². The molecule has 1 aliphatic rings. The summed E-state index contributed by atoms with van der Waals surface area (Å²) in [5.74, 6) is 0.320. The van der Waals surface area contributed by atoms with E-state index in [9.17, 15) is 4.79 Å². The molecule has 0 saturated carbocycles.